The van der Waals surface area contributed by atoms with Gasteiger partial charge in [-0.05, 0) is 54.1 Å². The van der Waals surface area contributed by atoms with Crippen LogP contribution in [-0.2, 0) is 0 Å². The van der Waals surface area contributed by atoms with E-state index in [1.54, 1.807) is 22.7 Å². The zero-order chi connectivity index (χ0) is 19.6. The average Bonchev–Trinajstić information content (AvgIpc) is 3.35. The van der Waals surface area contributed by atoms with Crippen molar-refractivity contribution in [1.82, 2.24) is 0 Å². The van der Waals surface area contributed by atoms with Crippen LogP contribution in [0.3, 0.4) is 0 Å². The third kappa shape index (κ3) is 3.45. The van der Waals surface area contributed by atoms with E-state index in [9.17, 15) is 0 Å². The van der Waals surface area contributed by atoms with Crippen molar-refractivity contribution in [3.05, 3.63) is 102 Å². The summed E-state index contributed by atoms with van der Waals surface area (Å²) in [7, 11) is 0. The van der Waals surface area contributed by atoms with Crippen LogP contribution >= 0.6 is 22.7 Å². The molecule has 5 rings (SSSR count). The number of nitrogens with zero attached hydrogens (tertiary/aromatic N) is 1. The van der Waals surface area contributed by atoms with E-state index in [2.05, 4.69) is 95.7 Å². The SMILES string of the molecule is C#Cc1cc2sc(-c3ccc(N(c4ccccc4)c4ccccc4)cc3)cc2s1. The van der Waals surface area contributed by atoms with Crippen LogP contribution in [0.25, 0.3) is 19.8 Å². The Labute approximate surface area is 178 Å². The average molecular weight is 408 g/mol. The van der Waals surface area contributed by atoms with Crippen LogP contribution < -0.4 is 4.90 Å². The van der Waals surface area contributed by atoms with Gasteiger partial charge in [-0.25, -0.2) is 0 Å². The van der Waals surface area contributed by atoms with Crippen molar-refractivity contribution in [1.29, 1.82) is 0 Å². The molecule has 0 fully saturated rings. The molecule has 0 amide bonds. The fourth-order valence-electron chi connectivity index (χ4n) is 3.43. The summed E-state index contributed by atoms with van der Waals surface area (Å²) >= 11 is 3.48. The van der Waals surface area contributed by atoms with Gasteiger partial charge in [-0.15, -0.1) is 29.1 Å². The first-order valence-corrected chi connectivity index (χ1v) is 11.0. The molecular weight excluding hydrogens is 390 g/mol. The summed E-state index contributed by atoms with van der Waals surface area (Å²) in [5, 5.41) is 0. The highest BCUT2D eigenvalue weighted by atomic mass is 32.1. The minimum absolute atomic E-state index is 0.995. The van der Waals surface area contributed by atoms with E-state index in [0.717, 1.165) is 21.9 Å². The summed E-state index contributed by atoms with van der Waals surface area (Å²) in [6.45, 7) is 0. The molecule has 0 aliphatic rings. The maximum absolute atomic E-state index is 5.52. The van der Waals surface area contributed by atoms with Crippen LogP contribution in [0.2, 0.25) is 0 Å². The molecule has 0 aliphatic carbocycles. The van der Waals surface area contributed by atoms with Crippen molar-refractivity contribution < 1.29 is 0 Å². The van der Waals surface area contributed by atoms with Gasteiger partial charge in [0.1, 0.15) is 0 Å². The number of thiophene rings is 2. The Morgan fingerprint density at radius 2 is 1.17 bits per heavy atom. The number of terminal acetylenes is 1. The van der Waals surface area contributed by atoms with E-state index in [-0.39, 0.29) is 0 Å². The predicted octanol–water partition coefficient (Wildman–Crippen LogP) is 8.08. The third-order valence-corrected chi connectivity index (χ3v) is 7.06. The fraction of sp³-hybridized carbons (Fsp3) is 0. The quantitative estimate of drug-likeness (QED) is 0.272. The van der Waals surface area contributed by atoms with Crippen LogP contribution in [0.5, 0.6) is 0 Å². The standard InChI is InChI=1S/C26H17NS2/c1-2-23-17-25-26(28-23)18-24(29-25)19-13-15-22(16-14-19)27(20-9-5-3-6-10-20)21-11-7-4-8-12-21/h1,3-18H. The van der Waals surface area contributed by atoms with Crippen molar-refractivity contribution in [2.24, 2.45) is 0 Å². The lowest BCUT2D eigenvalue weighted by Crippen LogP contribution is -2.09. The van der Waals surface area contributed by atoms with Crippen molar-refractivity contribution in [2.75, 3.05) is 4.90 Å². The van der Waals surface area contributed by atoms with E-state index in [1.807, 2.05) is 12.1 Å². The number of fused-ring (bicyclic) bond motifs is 1. The summed E-state index contributed by atoms with van der Waals surface area (Å²) in [5.41, 5.74) is 4.65. The summed E-state index contributed by atoms with van der Waals surface area (Å²) < 4.78 is 2.52. The van der Waals surface area contributed by atoms with Gasteiger partial charge in [0.15, 0.2) is 0 Å². The minimum atomic E-state index is 0.995. The predicted molar refractivity (Wildman–Crippen MR) is 128 cm³/mol. The number of benzene rings is 3. The first-order valence-electron chi connectivity index (χ1n) is 9.32. The van der Waals surface area contributed by atoms with Crippen LogP contribution in [-0.4, -0.2) is 0 Å². The Morgan fingerprint density at radius 1 is 0.621 bits per heavy atom. The van der Waals surface area contributed by atoms with E-state index in [1.165, 1.54) is 19.8 Å². The summed E-state index contributed by atoms with van der Waals surface area (Å²) in [6, 6.07) is 34.1. The highest BCUT2D eigenvalue weighted by Gasteiger charge is 2.13. The Morgan fingerprint density at radius 3 is 1.72 bits per heavy atom. The maximum Gasteiger partial charge on any atom is 0.0786 e. The number of anilines is 3. The first-order chi connectivity index (χ1) is 14.3. The second kappa shape index (κ2) is 7.60. The molecule has 0 atom stereocenters. The van der Waals surface area contributed by atoms with Gasteiger partial charge in [-0.2, -0.15) is 0 Å². The van der Waals surface area contributed by atoms with Crippen molar-refractivity contribution in [2.45, 2.75) is 0 Å². The van der Waals surface area contributed by atoms with Crippen LogP contribution in [0.15, 0.2) is 97.1 Å². The van der Waals surface area contributed by atoms with E-state index < -0.39 is 0 Å². The highest BCUT2D eigenvalue weighted by Crippen LogP contribution is 2.40. The Hall–Kier alpha value is -3.32. The molecule has 3 heteroatoms. The largest absolute Gasteiger partial charge is 0.311 e. The normalized spacial score (nSPS) is 10.7. The van der Waals surface area contributed by atoms with Gasteiger partial charge in [0.2, 0.25) is 0 Å². The van der Waals surface area contributed by atoms with Gasteiger partial charge < -0.3 is 4.90 Å². The molecule has 2 aromatic heterocycles. The summed E-state index contributed by atoms with van der Waals surface area (Å²) in [4.78, 5) is 4.54. The lowest BCUT2D eigenvalue weighted by atomic mass is 10.1. The second-order valence-electron chi connectivity index (χ2n) is 6.65. The van der Waals surface area contributed by atoms with Gasteiger partial charge in [0.25, 0.3) is 0 Å². The third-order valence-electron chi connectivity index (χ3n) is 4.79. The van der Waals surface area contributed by atoms with Crippen LogP contribution in [0.4, 0.5) is 17.1 Å². The Kier molecular flexibility index (Phi) is 4.65. The molecule has 29 heavy (non-hydrogen) atoms. The molecule has 2 heterocycles. The molecule has 3 aromatic carbocycles. The summed E-state index contributed by atoms with van der Waals surface area (Å²) in [6.07, 6.45) is 5.52. The number of para-hydroxylation sites is 2. The molecule has 5 aromatic rings. The lowest BCUT2D eigenvalue weighted by Gasteiger charge is -2.25. The van der Waals surface area contributed by atoms with Gasteiger partial charge in [-0.3, -0.25) is 0 Å². The van der Waals surface area contributed by atoms with Gasteiger partial charge in [-0.1, -0.05) is 54.5 Å². The van der Waals surface area contributed by atoms with E-state index >= 15 is 0 Å². The number of hydrogen-bond acceptors (Lipinski definition) is 3. The van der Waals surface area contributed by atoms with Gasteiger partial charge in [0.05, 0.1) is 4.88 Å². The number of rotatable bonds is 4. The summed E-state index contributed by atoms with van der Waals surface area (Å²) in [5.74, 6) is 2.73. The smallest absolute Gasteiger partial charge is 0.0786 e. The highest BCUT2D eigenvalue weighted by molar-refractivity contribution is 7.29. The fourth-order valence-corrected chi connectivity index (χ4v) is 5.64. The molecule has 0 saturated carbocycles. The second-order valence-corrected chi connectivity index (χ2v) is 8.82. The molecule has 0 aliphatic heterocycles. The minimum Gasteiger partial charge on any atom is -0.311 e. The molecule has 0 spiro atoms. The van der Waals surface area contributed by atoms with Gasteiger partial charge in [0, 0.05) is 31.3 Å². The number of hydrogen-bond donors (Lipinski definition) is 0. The van der Waals surface area contributed by atoms with Crippen LogP contribution in [0, 0.1) is 12.3 Å². The molecule has 138 valence electrons. The van der Waals surface area contributed by atoms with E-state index in [4.69, 9.17) is 6.42 Å². The Balaban J connectivity index is 1.52. The Bertz CT molecular complexity index is 1220. The molecule has 0 saturated heterocycles. The van der Waals surface area contributed by atoms with Crippen molar-refractivity contribution >= 4 is 49.1 Å². The molecule has 0 bridgehead atoms. The monoisotopic (exact) mass is 407 g/mol. The molecule has 0 N–H and O–H groups in total. The maximum atomic E-state index is 5.52. The topological polar surface area (TPSA) is 3.24 Å². The van der Waals surface area contributed by atoms with Crippen molar-refractivity contribution in [3.8, 4) is 22.8 Å². The van der Waals surface area contributed by atoms with Crippen molar-refractivity contribution in [3.63, 3.8) is 0 Å². The zero-order valence-corrected chi connectivity index (χ0v) is 17.2. The lowest BCUT2D eigenvalue weighted by molar-refractivity contribution is 1.28. The first kappa shape index (κ1) is 17.8. The molecular formula is C26H17NS2. The zero-order valence-electron chi connectivity index (χ0n) is 15.6. The van der Waals surface area contributed by atoms with E-state index in [0.29, 0.717) is 0 Å². The molecule has 0 unspecified atom stereocenters. The van der Waals surface area contributed by atoms with Gasteiger partial charge >= 0.3 is 0 Å². The molecule has 0 radical (unpaired) electrons. The molecule has 1 nitrogen and oxygen atoms in total. The van der Waals surface area contributed by atoms with Crippen LogP contribution in [0.1, 0.15) is 4.88 Å².